The Morgan fingerprint density at radius 3 is 2.62 bits per heavy atom. The predicted octanol–water partition coefficient (Wildman–Crippen LogP) is 1.98. The largest absolute Gasteiger partial charge is 0.497 e. The van der Waals surface area contributed by atoms with Crippen LogP contribution in [0.1, 0.15) is 17.7 Å². The Morgan fingerprint density at radius 2 is 1.97 bits per heavy atom. The van der Waals surface area contributed by atoms with Crippen molar-refractivity contribution in [1.29, 1.82) is 0 Å². The Balaban J connectivity index is 1.28. The van der Waals surface area contributed by atoms with E-state index in [9.17, 15) is 0 Å². The van der Waals surface area contributed by atoms with Gasteiger partial charge in [0.05, 0.1) is 19.4 Å². The van der Waals surface area contributed by atoms with Crippen molar-refractivity contribution >= 4 is 5.96 Å². The fraction of sp³-hybridized carbons (Fsp3) is 0.524. The van der Waals surface area contributed by atoms with Crippen molar-refractivity contribution in [2.24, 2.45) is 4.99 Å². The monoisotopic (exact) mass is 401 g/mol. The summed E-state index contributed by atoms with van der Waals surface area (Å²) in [5.74, 6) is 1.82. The summed E-state index contributed by atoms with van der Waals surface area (Å²) in [5.41, 5.74) is 2.13. The van der Waals surface area contributed by atoms with Crippen LogP contribution in [-0.4, -0.2) is 74.4 Å². The molecule has 2 heterocycles. The number of rotatable bonds is 9. The predicted molar refractivity (Wildman–Crippen MR) is 112 cm³/mol. The summed E-state index contributed by atoms with van der Waals surface area (Å²) >= 11 is 0. The van der Waals surface area contributed by atoms with Gasteiger partial charge in [0.15, 0.2) is 5.96 Å². The molecule has 0 saturated carbocycles. The van der Waals surface area contributed by atoms with E-state index < -0.39 is 0 Å². The van der Waals surface area contributed by atoms with Crippen LogP contribution in [0.3, 0.4) is 0 Å². The van der Waals surface area contributed by atoms with Gasteiger partial charge in [-0.3, -0.25) is 9.89 Å². The first-order valence-corrected chi connectivity index (χ1v) is 10.1. The van der Waals surface area contributed by atoms with Crippen LogP contribution in [0.25, 0.3) is 0 Å². The number of guanidine groups is 1. The molecule has 0 unspecified atom stereocenters. The number of hydrogen-bond acceptors (Lipinski definition) is 6. The number of nitrogens with one attached hydrogen (secondary N) is 1. The zero-order chi connectivity index (χ0) is 20.3. The van der Waals surface area contributed by atoms with E-state index in [4.69, 9.17) is 14.0 Å². The quantitative estimate of drug-likeness (QED) is 0.391. The van der Waals surface area contributed by atoms with E-state index in [2.05, 4.69) is 25.3 Å². The van der Waals surface area contributed by atoms with E-state index in [0.29, 0.717) is 13.2 Å². The van der Waals surface area contributed by atoms with Crippen LogP contribution in [0, 0.1) is 0 Å². The minimum absolute atomic E-state index is 0.617. The maximum atomic E-state index is 5.76. The van der Waals surface area contributed by atoms with E-state index in [1.165, 1.54) is 0 Å². The summed E-state index contributed by atoms with van der Waals surface area (Å²) in [7, 11) is 3.51. The van der Waals surface area contributed by atoms with Crippen LogP contribution in [0.4, 0.5) is 0 Å². The number of methoxy groups -OCH3 is 1. The van der Waals surface area contributed by atoms with Gasteiger partial charge in [-0.05, 0) is 24.1 Å². The van der Waals surface area contributed by atoms with Gasteiger partial charge in [0.25, 0.3) is 0 Å². The third-order valence-corrected chi connectivity index (χ3v) is 4.94. The third-order valence-electron chi connectivity index (χ3n) is 4.94. The van der Waals surface area contributed by atoms with Crippen molar-refractivity contribution < 1.29 is 14.0 Å². The molecule has 8 nitrogen and oxygen atoms in total. The first kappa shape index (κ1) is 21.1. The molecule has 0 aliphatic carbocycles. The fourth-order valence-electron chi connectivity index (χ4n) is 3.28. The van der Waals surface area contributed by atoms with Crippen molar-refractivity contribution in [3.63, 3.8) is 0 Å². The topological polar surface area (TPSA) is 75.4 Å². The van der Waals surface area contributed by atoms with Gasteiger partial charge in [-0.15, -0.1) is 0 Å². The van der Waals surface area contributed by atoms with Crippen molar-refractivity contribution in [3.05, 3.63) is 47.9 Å². The van der Waals surface area contributed by atoms with Gasteiger partial charge in [-0.1, -0.05) is 17.3 Å². The zero-order valence-electron chi connectivity index (χ0n) is 17.3. The molecule has 0 atom stereocenters. The molecule has 0 bridgehead atoms. The van der Waals surface area contributed by atoms with Crippen molar-refractivity contribution in [1.82, 2.24) is 20.3 Å². The molecule has 1 aliphatic heterocycles. The number of benzene rings is 1. The fourth-order valence-corrected chi connectivity index (χ4v) is 3.28. The summed E-state index contributed by atoms with van der Waals surface area (Å²) in [6.07, 6.45) is 2.55. The van der Waals surface area contributed by atoms with Crippen LogP contribution in [0.2, 0.25) is 0 Å². The molecule has 0 spiro atoms. The molecular formula is C21H31N5O3. The first-order chi connectivity index (χ1) is 14.3. The van der Waals surface area contributed by atoms with E-state index in [-0.39, 0.29) is 0 Å². The highest BCUT2D eigenvalue weighted by Gasteiger charge is 2.20. The average Bonchev–Trinajstić information content (AvgIpc) is 3.27. The summed E-state index contributed by atoms with van der Waals surface area (Å²) in [5, 5.41) is 7.44. The highest BCUT2D eigenvalue weighted by atomic mass is 16.5. The number of ether oxygens (including phenoxy) is 2. The second-order valence-electron chi connectivity index (χ2n) is 6.98. The zero-order valence-corrected chi connectivity index (χ0v) is 17.3. The Labute approximate surface area is 172 Å². The number of aromatic nitrogens is 1. The van der Waals surface area contributed by atoms with Gasteiger partial charge >= 0.3 is 0 Å². The lowest BCUT2D eigenvalue weighted by Gasteiger charge is -2.36. The molecule has 0 radical (unpaired) electrons. The molecular weight excluding hydrogens is 370 g/mol. The minimum atomic E-state index is 0.617. The number of nitrogens with zero attached hydrogens (tertiary/aromatic N) is 4. The maximum Gasteiger partial charge on any atom is 0.193 e. The molecule has 1 aliphatic rings. The van der Waals surface area contributed by atoms with Crippen LogP contribution < -0.4 is 10.1 Å². The number of piperazine rings is 1. The SMILES string of the molecule is CN=C(NCCCOCc1ccc(OC)cc1)N1CCN(Cc2ccon2)CC1. The van der Waals surface area contributed by atoms with Gasteiger partial charge in [0.2, 0.25) is 0 Å². The molecule has 1 fully saturated rings. The molecule has 158 valence electrons. The molecule has 3 rings (SSSR count). The molecule has 2 aromatic rings. The van der Waals surface area contributed by atoms with E-state index in [1.807, 2.05) is 37.4 Å². The summed E-state index contributed by atoms with van der Waals surface area (Å²) in [6.45, 7) is 6.87. The van der Waals surface area contributed by atoms with Crippen molar-refractivity contribution in [3.8, 4) is 5.75 Å². The number of aliphatic imine (C=N–C) groups is 1. The Hall–Kier alpha value is -2.58. The van der Waals surface area contributed by atoms with E-state index in [0.717, 1.165) is 68.7 Å². The average molecular weight is 402 g/mol. The van der Waals surface area contributed by atoms with Gasteiger partial charge in [0.1, 0.15) is 12.0 Å². The summed E-state index contributed by atoms with van der Waals surface area (Å²) in [6, 6.07) is 9.89. The second-order valence-corrected chi connectivity index (χ2v) is 6.98. The molecule has 1 aromatic heterocycles. The standard InChI is InChI=1S/C21H31N5O3/c1-22-21(26-12-10-25(11-13-26)16-19-8-15-29-24-19)23-9-3-14-28-17-18-4-6-20(27-2)7-5-18/h4-8,15H,3,9-14,16-17H2,1-2H3,(H,22,23). The van der Waals surface area contributed by atoms with E-state index in [1.54, 1.807) is 13.4 Å². The molecule has 29 heavy (non-hydrogen) atoms. The lowest BCUT2D eigenvalue weighted by atomic mass is 10.2. The minimum Gasteiger partial charge on any atom is -0.497 e. The molecule has 0 amide bonds. The van der Waals surface area contributed by atoms with Crippen molar-refractivity contribution in [2.75, 3.05) is 53.5 Å². The van der Waals surface area contributed by atoms with Gasteiger partial charge in [-0.25, -0.2) is 0 Å². The molecule has 1 N–H and O–H groups in total. The Kier molecular flexibility index (Phi) is 8.33. The lowest BCUT2D eigenvalue weighted by Crippen LogP contribution is -2.52. The van der Waals surface area contributed by atoms with Gasteiger partial charge < -0.3 is 24.2 Å². The normalized spacial score (nSPS) is 15.5. The van der Waals surface area contributed by atoms with Crippen molar-refractivity contribution in [2.45, 2.75) is 19.6 Å². The maximum absolute atomic E-state index is 5.76. The smallest absolute Gasteiger partial charge is 0.193 e. The van der Waals surface area contributed by atoms with Gasteiger partial charge in [-0.2, -0.15) is 0 Å². The van der Waals surface area contributed by atoms with Crippen LogP contribution in [0.15, 0.2) is 46.1 Å². The Morgan fingerprint density at radius 1 is 1.17 bits per heavy atom. The Bertz CT molecular complexity index is 725. The second kappa shape index (κ2) is 11.4. The van der Waals surface area contributed by atoms with E-state index >= 15 is 0 Å². The van der Waals surface area contributed by atoms with Gasteiger partial charge in [0, 0.05) is 59.0 Å². The molecule has 1 saturated heterocycles. The lowest BCUT2D eigenvalue weighted by molar-refractivity contribution is 0.119. The molecule has 8 heteroatoms. The highest BCUT2D eigenvalue weighted by Crippen LogP contribution is 2.12. The summed E-state index contributed by atoms with van der Waals surface area (Å²) < 4.78 is 15.8. The third kappa shape index (κ3) is 6.76. The van der Waals surface area contributed by atoms with Crippen LogP contribution in [0.5, 0.6) is 5.75 Å². The molecule has 1 aromatic carbocycles. The number of hydrogen-bond donors (Lipinski definition) is 1. The first-order valence-electron chi connectivity index (χ1n) is 10.1. The van der Waals surface area contributed by atoms with Crippen LogP contribution >= 0.6 is 0 Å². The highest BCUT2D eigenvalue weighted by molar-refractivity contribution is 5.79. The summed E-state index contributed by atoms with van der Waals surface area (Å²) in [4.78, 5) is 9.11. The van der Waals surface area contributed by atoms with Crippen LogP contribution in [-0.2, 0) is 17.9 Å².